The number of nitrogens with two attached hydrogens (primary N) is 2. The van der Waals surface area contributed by atoms with E-state index >= 15 is 0 Å². The summed E-state index contributed by atoms with van der Waals surface area (Å²) in [5, 5.41) is 1.04. The zero-order valence-electron chi connectivity index (χ0n) is 15.0. The fourth-order valence-electron chi connectivity index (χ4n) is 3.72. The van der Waals surface area contributed by atoms with Crippen LogP contribution in [0.4, 0.5) is 5.82 Å². The molecule has 0 spiro atoms. The van der Waals surface area contributed by atoms with E-state index in [0.29, 0.717) is 18.7 Å². The van der Waals surface area contributed by atoms with Crippen LogP contribution in [0.5, 0.6) is 0 Å². The molecule has 27 heavy (non-hydrogen) atoms. The van der Waals surface area contributed by atoms with Gasteiger partial charge in [-0.1, -0.05) is 30.7 Å². The highest BCUT2D eigenvalue weighted by atomic mass is 16.1. The summed E-state index contributed by atoms with van der Waals surface area (Å²) in [5.41, 5.74) is 13.7. The van der Waals surface area contributed by atoms with Crippen LogP contribution in [0.2, 0.25) is 0 Å². The molecule has 3 heterocycles. The minimum Gasteiger partial charge on any atom is -0.382 e. The Balaban J connectivity index is 1.52. The first kappa shape index (κ1) is 17.2. The third kappa shape index (κ3) is 3.05. The first-order valence-electron chi connectivity index (χ1n) is 9.09. The number of aliphatic imine (C=N–C) groups is 1. The zero-order chi connectivity index (χ0) is 18.9. The van der Waals surface area contributed by atoms with E-state index in [0.717, 1.165) is 41.3 Å². The number of carbonyl (C=O) groups excluding carboxylic acids is 1. The first-order valence-corrected chi connectivity index (χ1v) is 9.09. The maximum absolute atomic E-state index is 11.9. The molecular formula is C20H22N6O. The Hall–Kier alpha value is -3.22. The Morgan fingerprint density at radius 2 is 2.11 bits per heavy atom. The van der Waals surface area contributed by atoms with Crippen LogP contribution in [0, 0.1) is 5.41 Å². The van der Waals surface area contributed by atoms with E-state index in [1.165, 1.54) is 0 Å². The van der Waals surface area contributed by atoms with Crippen LogP contribution in [-0.4, -0.2) is 26.7 Å². The van der Waals surface area contributed by atoms with Gasteiger partial charge in [0.2, 0.25) is 5.91 Å². The number of imidazole rings is 1. The lowest BCUT2D eigenvalue weighted by Crippen LogP contribution is -2.36. The average Bonchev–Trinajstić information content (AvgIpc) is 3.11. The van der Waals surface area contributed by atoms with Crippen LogP contribution in [0.3, 0.4) is 0 Å². The first-order chi connectivity index (χ1) is 13.1. The number of primary amides is 1. The molecule has 4 N–H and O–H groups in total. The fourth-order valence-corrected chi connectivity index (χ4v) is 3.72. The predicted molar refractivity (Wildman–Crippen MR) is 107 cm³/mol. The van der Waals surface area contributed by atoms with Gasteiger partial charge in [0.25, 0.3) is 0 Å². The van der Waals surface area contributed by atoms with Crippen LogP contribution < -0.4 is 11.5 Å². The minimum absolute atomic E-state index is 0.289. The molecule has 1 unspecified atom stereocenters. The summed E-state index contributed by atoms with van der Waals surface area (Å²) >= 11 is 0. The summed E-state index contributed by atoms with van der Waals surface area (Å²) in [6, 6.07) is 7.93. The van der Waals surface area contributed by atoms with E-state index in [2.05, 4.69) is 19.5 Å². The highest BCUT2D eigenvalue weighted by Gasteiger charge is 2.33. The number of para-hydroxylation sites is 1. The van der Waals surface area contributed by atoms with Crippen molar-refractivity contribution in [2.45, 2.75) is 32.2 Å². The Bertz CT molecular complexity index is 1070. The molecule has 3 aromatic rings. The molecule has 0 saturated heterocycles. The quantitative estimate of drug-likeness (QED) is 0.657. The number of pyridine rings is 1. The summed E-state index contributed by atoms with van der Waals surface area (Å²) in [7, 11) is 0. The summed E-state index contributed by atoms with van der Waals surface area (Å²) < 4.78 is 2.12. The number of hydrogen-bond donors (Lipinski definition) is 2. The molecule has 7 nitrogen and oxygen atoms in total. The molecule has 1 atom stereocenters. The van der Waals surface area contributed by atoms with Crippen molar-refractivity contribution >= 4 is 39.9 Å². The number of rotatable bonds is 6. The number of fused-ring (bicyclic) bond motifs is 3. The van der Waals surface area contributed by atoms with Crippen molar-refractivity contribution in [1.82, 2.24) is 14.5 Å². The van der Waals surface area contributed by atoms with Crippen molar-refractivity contribution in [3.8, 4) is 0 Å². The fraction of sp³-hybridized carbons (Fsp3) is 0.300. The molecule has 0 saturated carbocycles. The largest absolute Gasteiger partial charge is 0.382 e. The molecule has 1 aromatic carbocycles. The third-order valence-corrected chi connectivity index (χ3v) is 5.28. The van der Waals surface area contributed by atoms with Crippen LogP contribution in [0.25, 0.3) is 21.9 Å². The van der Waals surface area contributed by atoms with Crippen molar-refractivity contribution in [2.75, 3.05) is 5.73 Å². The van der Waals surface area contributed by atoms with Gasteiger partial charge in [-0.05, 0) is 18.9 Å². The number of nitrogen functional groups attached to an aromatic ring is 1. The molecule has 1 aliphatic rings. The van der Waals surface area contributed by atoms with Gasteiger partial charge in [0, 0.05) is 30.8 Å². The molecule has 2 aromatic heterocycles. The van der Waals surface area contributed by atoms with E-state index in [1.807, 2.05) is 36.7 Å². The average molecular weight is 362 g/mol. The summed E-state index contributed by atoms with van der Waals surface area (Å²) in [4.78, 5) is 24.9. The maximum Gasteiger partial charge on any atom is 0.227 e. The van der Waals surface area contributed by atoms with E-state index in [4.69, 9.17) is 11.5 Å². The number of amides is 1. The number of unbranched alkanes of at least 4 members (excludes halogenated alkanes) is 1. The number of aryl methyl sites for hydroxylation is 1. The van der Waals surface area contributed by atoms with E-state index < -0.39 is 5.41 Å². The molecule has 0 fully saturated rings. The van der Waals surface area contributed by atoms with Crippen molar-refractivity contribution in [1.29, 1.82) is 0 Å². The number of nitrogens with zero attached hydrogens (tertiary/aromatic N) is 4. The van der Waals surface area contributed by atoms with Crippen molar-refractivity contribution in [3.05, 3.63) is 42.9 Å². The second-order valence-corrected chi connectivity index (χ2v) is 6.98. The molecular weight excluding hydrogens is 340 g/mol. The van der Waals surface area contributed by atoms with Gasteiger partial charge in [0.05, 0.1) is 22.8 Å². The topological polar surface area (TPSA) is 112 Å². The van der Waals surface area contributed by atoms with Crippen LogP contribution in [0.1, 0.15) is 25.7 Å². The highest BCUT2D eigenvalue weighted by molar-refractivity contribution is 6.06. The number of hydrogen-bond acceptors (Lipinski definition) is 5. The predicted octanol–water partition coefficient (Wildman–Crippen LogP) is 2.80. The van der Waals surface area contributed by atoms with Crippen LogP contribution >= 0.6 is 0 Å². The van der Waals surface area contributed by atoms with Gasteiger partial charge in [-0.15, -0.1) is 0 Å². The zero-order valence-corrected chi connectivity index (χ0v) is 15.0. The Kier molecular flexibility index (Phi) is 4.35. The number of benzene rings is 1. The van der Waals surface area contributed by atoms with Crippen molar-refractivity contribution in [3.63, 3.8) is 0 Å². The Labute approximate surface area is 156 Å². The second kappa shape index (κ2) is 6.83. The van der Waals surface area contributed by atoms with Gasteiger partial charge in [-0.3, -0.25) is 9.79 Å². The lowest BCUT2D eigenvalue weighted by Gasteiger charge is -2.27. The normalized spacial score (nSPS) is 19.1. The van der Waals surface area contributed by atoms with Gasteiger partial charge >= 0.3 is 0 Å². The lowest BCUT2D eigenvalue weighted by atomic mass is 9.78. The molecule has 4 rings (SSSR count). The number of aromatic nitrogens is 3. The van der Waals surface area contributed by atoms with Crippen molar-refractivity contribution in [2.24, 2.45) is 16.1 Å². The maximum atomic E-state index is 11.9. The van der Waals surface area contributed by atoms with Gasteiger partial charge in [0.15, 0.2) is 5.82 Å². The molecule has 1 aliphatic heterocycles. The molecule has 7 heteroatoms. The summed E-state index contributed by atoms with van der Waals surface area (Å²) in [6.07, 6.45) is 10.1. The molecule has 0 bridgehead atoms. The van der Waals surface area contributed by atoms with Gasteiger partial charge in [0.1, 0.15) is 5.52 Å². The monoisotopic (exact) mass is 362 g/mol. The minimum atomic E-state index is -0.611. The van der Waals surface area contributed by atoms with Gasteiger partial charge in [-0.2, -0.15) is 0 Å². The third-order valence-electron chi connectivity index (χ3n) is 5.28. The number of carbonyl (C=O) groups is 1. The second-order valence-electron chi connectivity index (χ2n) is 6.98. The molecule has 0 aliphatic carbocycles. The van der Waals surface area contributed by atoms with Gasteiger partial charge in [-0.25, -0.2) is 9.97 Å². The molecule has 138 valence electrons. The molecule has 1 amide bonds. The van der Waals surface area contributed by atoms with E-state index in [9.17, 15) is 4.79 Å². The molecule has 0 radical (unpaired) electrons. The summed E-state index contributed by atoms with van der Waals surface area (Å²) in [5.74, 6) is 0.157. The Morgan fingerprint density at radius 1 is 1.26 bits per heavy atom. The lowest BCUT2D eigenvalue weighted by molar-refractivity contribution is -0.125. The van der Waals surface area contributed by atoms with Crippen LogP contribution in [-0.2, 0) is 11.3 Å². The highest BCUT2D eigenvalue weighted by Crippen LogP contribution is 2.32. The van der Waals surface area contributed by atoms with E-state index in [-0.39, 0.29) is 5.91 Å². The van der Waals surface area contributed by atoms with Crippen LogP contribution in [0.15, 0.2) is 47.9 Å². The number of anilines is 1. The standard InChI is InChI=1S/C20H22N6O/c21-18-16-17(14-5-1-2-6-15(14)25-18)26(13-24-16)12-4-3-7-20(19(22)27)8-10-23-11-9-20/h1-2,5-6,8,10-11,13H,3-4,7,9,12H2,(H2,21,25)(H2,22,27). The van der Waals surface area contributed by atoms with E-state index in [1.54, 1.807) is 12.4 Å². The van der Waals surface area contributed by atoms with Crippen molar-refractivity contribution < 1.29 is 4.79 Å². The smallest absolute Gasteiger partial charge is 0.227 e. The SMILES string of the molecule is NC(=O)C1(CCCCn2cnc3c(N)nc4ccccc4c32)C=CN=CC1. The summed E-state index contributed by atoms with van der Waals surface area (Å²) in [6.45, 7) is 0.788. The Morgan fingerprint density at radius 3 is 2.89 bits per heavy atom. The van der Waals surface area contributed by atoms with Gasteiger partial charge < -0.3 is 16.0 Å².